The zero-order valence-electron chi connectivity index (χ0n) is 35.3. The maximum absolute atomic E-state index is 7.91. The minimum Gasteiger partial charge on any atom is -0.309 e. The van der Waals surface area contributed by atoms with E-state index in [2.05, 4.69) is 230 Å². The number of fused-ring (bicyclic) bond motifs is 4. The van der Waals surface area contributed by atoms with E-state index in [1.807, 2.05) is 0 Å². The van der Waals surface area contributed by atoms with Gasteiger partial charge in [0.2, 0.25) is 0 Å². The molecule has 0 fully saturated rings. The lowest BCUT2D eigenvalue weighted by atomic mass is 9.60. The summed E-state index contributed by atoms with van der Waals surface area (Å²) in [6.07, 6.45) is 0. The van der Waals surface area contributed by atoms with Crippen LogP contribution in [-0.4, -0.2) is 0 Å². The summed E-state index contributed by atoms with van der Waals surface area (Å²) in [5, 5.41) is 0.684. The van der Waals surface area contributed by atoms with Gasteiger partial charge < -0.3 is 9.80 Å². The zero-order chi connectivity index (χ0) is 40.8. The van der Waals surface area contributed by atoms with Crippen molar-refractivity contribution < 1.29 is 0 Å². The highest BCUT2D eigenvalue weighted by Crippen LogP contribution is 2.54. The number of rotatable bonds is 6. The third-order valence-electron chi connectivity index (χ3n) is 13.5. The molecule has 0 saturated heterocycles. The van der Waals surface area contributed by atoms with Crippen LogP contribution in [0, 0.1) is 6.92 Å². The first-order chi connectivity index (χ1) is 27.6. The Kier molecular flexibility index (Phi) is 8.84. The first-order valence-corrected chi connectivity index (χ1v) is 21.0. The molecule has 0 aliphatic heterocycles. The van der Waals surface area contributed by atoms with Gasteiger partial charge in [0.1, 0.15) is 0 Å². The Morgan fingerprint density at radius 1 is 0.328 bits per heavy atom. The second kappa shape index (κ2) is 13.5. The summed E-state index contributed by atoms with van der Waals surface area (Å²) >= 11 is 7.91. The fourth-order valence-electron chi connectivity index (χ4n) is 10.3. The zero-order valence-corrected chi connectivity index (χ0v) is 36.0. The van der Waals surface area contributed by atoms with Crippen molar-refractivity contribution in [3.05, 3.63) is 213 Å². The van der Waals surface area contributed by atoms with E-state index in [-0.39, 0.29) is 21.7 Å². The van der Waals surface area contributed by atoms with Crippen molar-refractivity contribution in [3.8, 4) is 0 Å². The lowest BCUT2D eigenvalue weighted by molar-refractivity contribution is 0.521. The molecule has 0 N–H and O–H groups in total. The highest BCUT2D eigenvalue weighted by Gasteiger charge is 2.43. The van der Waals surface area contributed by atoms with E-state index in [0.717, 1.165) is 39.7 Å². The number of nitrogens with zero attached hydrogens (tertiary/aromatic N) is 2. The van der Waals surface area contributed by atoms with Crippen molar-refractivity contribution in [2.45, 2.75) is 84.0 Å². The normalized spacial score (nSPS) is 16.3. The van der Waals surface area contributed by atoms with Crippen LogP contribution in [0.4, 0.5) is 34.1 Å². The van der Waals surface area contributed by atoms with Gasteiger partial charge in [0.25, 0.3) is 0 Å². The van der Waals surface area contributed by atoms with Crippen molar-refractivity contribution in [1.29, 1.82) is 0 Å². The van der Waals surface area contributed by atoms with Gasteiger partial charge in [-0.15, -0.1) is 0 Å². The molecule has 7 aromatic carbocycles. The third kappa shape index (κ3) is 5.75. The average molecular weight is 777 g/mol. The highest BCUT2D eigenvalue weighted by atomic mass is 35.5. The number of para-hydroxylation sites is 2. The van der Waals surface area contributed by atoms with Crippen LogP contribution in [0.15, 0.2) is 158 Å². The second-order valence-electron chi connectivity index (χ2n) is 18.5. The van der Waals surface area contributed by atoms with Crippen molar-refractivity contribution in [2.75, 3.05) is 9.80 Å². The fourth-order valence-corrected chi connectivity index (χ4v) is 10.5. The number of hydrogen-bond acceptors (Lipinski definition) is 2. The number of hydrogen-bond donors (Lipinski definition) is 0. The Labute approximate surface area is 350 Å². The van der Waals surface area contributed by atoms with E-state index in [1.54, 1.807) is 0 Å². The largest absolute Gasteiger partial charge is 0.309 e. The molecule has 0 spiro atoms. The summed E-state index contributed by atoms with van der Waals surface area (Å²) in [6, 6.07) is 57.9. The molecule has 0 atom stereocenters. The van der Waals surface area contributed by atoms with Crippen LogP contribution >= 0.6 is 11.6 Å². The van der Waals surface area contributed by atoms with E-state index in [0.29, 0.717) is 5.02 Å². The molecule has 0 aromatic heterocycles. The Morgan fingerprint density at radius 2 is 0.621 bits per heavy atom. The van der Waals surface area contributed by atoms with Gasteiger partial charge in [-0.2, -0.15) is 0 Å². The van der Waals surface area contributed by atoms with Crippen molar-refractivity contribution >= 4 is 45.7 Å². The first-order valence-electron chi connectivity index (χ1n) is 20.6. The van der Waals surface area contributed by atoms with E-state index in [4.69, 9.17) is 11.6 Å². The Morgan fingerprint density at radius 3 is 0.966 bits per heavy atom. The molecule has 2 nitrogen and oxygen atoms in total. The number of benzene rings is 7. The quantitative estimate of drug-likeness (QED) is 0.166. The molecule has 2 aliphatic rings. The molecular weight excluding hydrogens is 724 g/mol. The smallest absolute Gasteiger partial charge is 0.0887 e. The van der Waals surface area contributed by atoms with E-state index >= 15 is 0 Å². The lowest BCUT2D eigenvalue weighted by Crippen LogP contribution is -2.36. The molecule has 0 radical (unpaired) electrons. The Bertz CT molecular complexity index is 2520. The molecule has 0 amide bonds. The van der Waals surface area contributed by atoms with Crippen LogP contribution in [-0.2, 0) is 21.7 Å². The lowest BCUT2D eigenvalue weighted by Gasteiger charge is -2.44. The molecule has 9 rings (SSSR count). The summed E-state index contributed by atoms with van der Waals surface area (Å²) in [7, 11) is 0. The van der Waals surface area contributed by atoms with Crippen LogP contribution in [0.25, 0.3) is 0 Å². The molecule has 0 heterocycles. The van der Waals surface area contributed by atoms with E-state index in [1.165, 1.54) is 44.5 Å². The molecule has 0 bridgehead atoms. The van der Waals surface area contributed by atoms with Gasteiger partial charge >= 0.3 is 0 Å². The van der Waals surface area contributed by atoms with Crippen LogP contribution < -0.4 is 9.80 Å². The predicted octanol–water partition coefficient (Wildman–Crippen LogP) is 15.5. The molecule has 7 aromatic rings. The van der Waals surface area contributed by atoms with Crippen LogP contribution in [0.5, 0.6) is 0 Å². The summed E-state index contributed by atoms with van der Waals surface area (Å²) in [6.45, 7) is 21.1. The van der Waals surface area contributed by atoms with Gasteiger partial charge in [-0.25, -0.2) is 0 Å². The summed E-state index contributed by atoms with van der Waals surface area (Å²) in [4.78, 5) is 4.70. The molecule has 290 valence electrons. The predicted molar refractivity (Wildman–Crippen MR) is 247 cm³/mol. The molecule has 0 saturated carbocycles. The monoisotopic (exact) mass is 776 g/mol. The summed E-state index contributed by atoms with van der Waals surface area (Å²) < 4.78 is 0. The standard InChI is InChI=1S/C55H53ClN2/c1-36-32-49(57(37-20-12-10-13-21-37)39-28-30-45-47(34-39)54(6,7)43-26-18-16-24-41(43)52(45,2)3)51(56)50(33-36)58(38-22-14-11-15-23-38)40-29-31-46-48(35-40)55(8,9)44-27-19-17-25-42(44)53(46,4)5/h10-35H,1-9H3. The Balaban J connectivity index is 1.25. The molecular formula is C55H53ClN2. The van der Waals surface area contributed by atoms with Crippen LogP contribution in [0.1, 0.15) is 105 Å². The maximum Gasteiger partial charge on any atom is 0.0887 e. The summed E-state index contributed by atoms with van der Waals surface area (Å²) in [5.74, 6) is 0. The SMILES string of the molecule is Cc1cc(N(c2ccccc2)c2ccc3c(c2)C(C)(C)c2ccccc2C3(C)C)c(Cl)c(N(c2ccccc2)c2ccc3c(c2)C(C)(C)c2ccccc2C3(C)C)c1. The number of halogens is 1. The molecule has 2 aliphatic carbocycles. The molecule has 58 heavy (non-hydrogen) atoms. The van der Waals surface area contributed by atoms with Crippen LogP contribution in [0.3, 0.4) is 0 Å². The third-order valence-corrected chi connectivity index (χ3v) is 13.8. The molecule has 3 heteroatoms. The van der Waals surface area contributed by atoms with Crippen LogP contribution in [0.2, 0.25) is 5.02 Å². The van der Waals surface area contributed by atoms with E-state index in [9.17, 15) is 0 Å². The minimum atomic E-state index is -0.194. The van der Waals surface area contributed by atoms with Gasteiger partial charge in [-0.3, -0.25) is 0 Å². The maximum atomic E-state index is 7.91. The van der Waals surface area contributed by atoms with Gasteiger partial charge in [0.15, 0.2) is 0 Å². The highest BCUT2D eigenvalue weighted by molar-refractivity contribution is 6.36. The van der Waals surface area contributed by atoms with Gasteiger partial charge in [0.05, 0.1) is 16.4 Å². The minimum absolute atomic E-state index is 0.136. The van der Waals surface area contributed by atoms with Gasteiger partial charge in [-0.05, 0) is 118 Å². The first kappa shape index (κ1) is 38.0. The van der Waals surface area contributed by atoms with Crippen molar-refractivity contribution in [1.82, 2.24) is 0 Å². The average Bonchev–Trinajstić information content (AvgIpc) is 3.22. The second-order valence-corrected chi connectivity index (χ2v) is 18.9. The fraction of sp³-hybridized carbons (Fsp3) is 0.236. The van der Waals surface area contributed by atoms with Gasteiger partial charge in [-0.1, -0.05) is 164 Å². The number of aryl methyl sites for hydroxylation is 1. The molecule has 0 unspecified atom stereocenters. The van der Waals surface area contributed by atoms with Crippen molar-refractivity contribution in [3.63, 3.8) is 0 Å². The van der Waals surface area contributed by atoms with E-state index < -0.39 is 0 Å². The van der Waals surface area contributed by atoms with Crippen molar-refractivity contribution in [2.24, 2.45) is 0 Å². The Hall–Kier alpha value is -5.57. The topological polar surface area (TPSA) is 6.48 Å². The number of anilines is 6. The van der Waals surface area contributed by atoms with Gasteiger partial charge in [0, 0.05) is 44.4 Å². The summed E-state index contributed by atoms with van der Waals surface area (Å²) in [5.41, 5.74) is 17.5.